The number of aliphatic hydroxyl groups is 1. The Bertz CT molecular complexity index is 705. The zero-order valence-corrected chi connectivity index (χ0v) is 13.7. The van der Waals surface area contributed by atoms with E-state index in [1.165, 1.54) is 6.20 Å². The predicted molar refractivity (Wildman–Crippen MR) is 87.9 cm³/mol. The van der Waals surface area contributed by atoms with Gasteiger partial charge in [-0.1, -0.05) is 23.2 Å². The summed E-state index contributed by atoms with van der Waals surface area (Å²) in [7, 11) is 0. The number of fused-ring (bicyclic) bond motifs is 1. The minimum Gasteiger partial charge on any atom is -0.462 e. The van der Waals surface area contributed by atoms with Crippen LogP contribution in [0.1, 0.15) is 24.2 Å². The van der Waals surface area contributed by atoms with Gasteiger partial charge < -0.3 is 15.2 Å². The van der Waals surface area contributed by atoms with Crippen molar-refractivity contribution in [3.05, 3.63) is 33.9 Å². The minimum atomic E-state index is -0.582. The summed E-state index contributed by atoms with van der Waals surface area (Å²) in [6.07, 6.45) is 0.813. The molecule has 1 atom stereocenters. The highest BCUT2D eigenvalue weighted by molar-refractivity contribution is 6.45. The number of nitrogens with zero attached hydrogens (tertiary/aromatic N) is 1. The highest BCUT2D eigenvalue weighted by atomic mass is 35.5. The van der Waals surface area contributed by atoms with Gasteiger partial charge in [0.2, 0.25) is 0 Å². The highest BCUT2D eigenvalue weighted by Crippen LogP contribution is 2.34. The molecule has 0 bridgehead atoms. The molecule has 0 spiro atoms. The van der Waals surface area contributed by atoms with Gasteiger partial charge in [0.1, 0.15) is 5.56 Å². The zero-order valence-electron chi connectivity index (χ0n) is 12.2. The third kappa shape index (κ3) is 3.43. The Kier molecular flexibility index (Phi) is 5.45. The first kappa shape index (κ1) is 16.8. The SMILES string of the molecule is CCOC(=O)c1cnc2c(Cl)c(Cl)ccc2c1NC[C@H](C)O. The Morgan fingerprint density at radius 1 is 1.45 bits per heavy atom. The molecule has 0 fully saturated rings. The fraction of sp³-hybridized carbons (Fsp3) is 0.333. The second-order valence-corrected chi connectivity index (χ2v) is 5.54. The number of esters is 1. The van der Waals surface area contributed by atoms with E-state index in [2.05, 4.69) is 10.3 Å². The molecule has 0 unspecified atom stereocenters. The van der Waals surface area contributed by atoms with Crippen LogP contribution in [0.25, 0.3) is 10.9 Å². The molecule has 5 nitrogen and oxygen atoms in total. The average Bonchev–Trinajstić information content (AvgIpc) is 2.48. The topological polar surface area (TPSA) is 71.5 Å². The van der Waals surface area contributed by atoms with Crippen molar-refractivity contribution in [3.63, 3.8) is 0 Å². The van der Waals surface area contributed by atoms with Gasteiger partial charge in [-0.05, 0) is 26.0 Å². The van der Waals surface area contributed by atoms with Crippen LogP contribution in [0.5, 0.6) is 0 Å². The quantitative estimate of drug-likeness (QED) is 0.813. The van der Waals surface area contributed by atoms with Crippen molar-refractivity contribution in [1.29, 1.82) is 0 Å². The van der Waals surface area contributed by atoms with Gasteiger partial charge in [0, 0.05) is 18.1 Å². The Labute approximate surface area is 138 Å². The number of halogens is 2. The van der Waals surface area contributed by atoms with Crippen LogP contribution in [0.15, 0.2) is 18.3 Å². The lowest BCUT2D eigenvalue weighted by molar-refractivity contribution is 0.0527. The van der Waals surface area contributed by atoms with Gasteiger partial charge in [0.05, 0.1) is 34.0 Å². The van der Waals surface area contributed by atoms with Gasteiger partial charge in [0.15, 0.2) is 0 Å². The summed E-state index contributed by atoms with van der Waals surface area (Å²) in [6, 6.07) is 3.36. The van der Waals surface area contributed by atoms with Crippen LogP contribution in [0.3, 0.4) is 0 Å². The van der Waals surface area contributed by atoms with Crippen LogP contribution >= 0.6 is 23.2 Å². The Morgan fingerprint density at radius 3 is 2.82 bits per heavy atom. The van der Waals surface area contributed by atoms with Crippen molar-refractivity contribution in [2.75, 3.05) is 18.5 Å². The normalized spacial score (nSPS) is 12.2. The van der Waals surface area contributed by atoms with E-state index in [1.807, 2.05) is 0 Å². The third-order valence-electron chi connectivity index (χ3n) is 3.00. The molecule has 0 amide bonds. The van der Waals surface area contributed by atoms with E-state index >= 15 is 0 Å². The number of aliphatic hydroxyl groups excluding tert-OH is 1. The van der Waals surface area contributed by atoms with E-state index in [0.717, 1.165) is 0 Å². The van der Waals surface area contributed by atoms with Crippen molar-refractivity contribution in [2.45, 2.75) is 20.0 Å². The monoisotopic (exact) mass is 342 g/mol. The molecule has 1 aromatic carbocycles. The third-order valence-corrected chi connectivity index (χ3v) is 3.79. The number of ether oxygens (including phenoxy) is 1. The number of hydrogen-bond donors (Lipinski definition) is 2. The van der Waals surface area contributed by atoms with Crippen molar-refractivity contribution in [2.24, 2.45) is 0 Å². The molecule has 118 valence electrons. The number of carbonyl (C=O) groups excluding carboxylic acids is 1. The molecule has 0 aliphatic heterocycles. The van der Waals surface area contributed by atoms with E-state index < -0.39 is 12.1 Å². The molecule has 2 rings (SSSR count). The van der Waals surface area contributed by atoms with Gasteiger partial charge in [-0.3, -0.25) is 4.98 Å². The van der Waals surface area contributed by atoms with Crippen molar-refractivity contribution < 1.29 is 14.6 Å². The molecule has 1 heterocycles. The summed E-state index contributed by atoms with van der Waals surface area (Å²) in [4.78, 5) is 16.3. The van der Waals surface area contributed by atoms with E-state index in [1.54, 1.807) is 26.0 Å². The van der Waals surface area contributed by atoms with Crippen LogP contribution in [0, 0.1) is 0 Å². The van der Waals surface area contributed by atoms with Gasteiger partial charge in [-0.2, -0.15) is 0 Å². The molecule has 0 saturated heterocycles. The maximum atomic E-state index is 12.1. The number of aromatic nitrogens is 1. The Morgan fingerprint density at radius 2 is 2.18 bits per heavy atom. The molecule has 0 radical (unpaired) electrons. The molecular formula is C15H16Cl2N2O3. The predicted octanol–water partition coefficient (Wildman–Crippen LogP) is 3.51. The first-order valence-corrected chi connectivity index (χ1v) is 7.57. The molecule has 7 heteroatoms. The smallest absolute Gasteiger partial charge is 0.341 e. The molecule has 0 saturated carbocycles. The molecule has 1 aromatic heterocycles. The second kappa shape index (κ2) is 7.13. The number of nitrogens with one attached hydrogen (secondary N) is 1. The standard InChI is InChI=1S/C15H16Cl2N2O3/c1-3-22-15(21)10-7-19-14-9(4-5-11(16)12(14)17)13(10)18-6-8(2)20/h4-5,7-8,20H,3,6H2,1-2H3,(H,18,19)/t8-/m0/s1. The Balaban J connectivity index is 2.61. The number of hydrogen-bond acceptors (Lipinski definition) is 5. The summed E-state index contributed by atoms with van der Waals surface area (Å²) in [5.74, 6) is -0.490. The minimum absolute atomic E-state index is 0.258. The lowest BCUT2D eigenvalue weighted by Gasteiger charge is -2.15. The number of pyridine rings is 1. The average molecular weight is 343 g/mol. The van der Waals surface area contributed by atoms with Crippen LogP contribution in [-0.2, 0) is 4.74 Å². The van der Waals surface area contributed by atoms with Crippen LogP contribution < -0.4 is 5.32 Å². The molecule has 2 aromatic rings. The largest absolute Gasteiger partial charge is 0.462 e. The fourth-order valence-corrected chi connectivity index (χ4v) is 2.38. The van der Waals surface area contributed by atoms with Crippen LogP contribution in [0.4, 0.5) is 5.69 Å². The van der Waals surface area contributed by atoms with E-state index in [-0.39, 0.29) is 18.7 Å². The van der Waals surface area contributed by atoms with Crippen molar-refractivity contribution in [1.82, 2.24) is 4.98 Å². The lowest BCUT2D eigenvalue weighted by Crippen LogP contribution is -2.18. The second-order valence-electron chi connectivity index (χ2n) is 4.75. The molecule has 0 aliphatic carbocycles. The van der Waals surface area contributed by atoms with Crippen molar-refractivity contribution in [3.8, 4) is 0 Å². The summed E-state index contributed by atoms with van der Waals surface area (Å²) < 4.78 is 5.04. The highest BCUT2D eigenvalue weighted by Gasteiger charge is 2.18. The number of anilines is 1. The van der Waals surface area contributed by atoms with E-state index in [4.69, 9.17) is 27.9 Å². The van der Waals surface area contributed by atoms with Gasteiger partial charge in [0.25, 0.3) is 0 Å². The first-order valence-electron chi connectivity index (χ1n) is 6.81. The summed E-state index contributed by atoms with van der Waals surface area (Å²) in [6.45, 7) is 3.90. The molecule has 0 aliphatic rings. The summed E-state index contributed by atoms with van der Waals surface area (Å²) in [5.41, 5.74) is 1.28. The maximum absolute atomic E-state index is 12.1. The summed E-state index contributed by atoms with van der Waals surface area (Å²) in [5, 5.41) is 13.9. The molecular weight excluding hydrogens is 327 g/mol. The number of benzene rings is 1. The first-order chi connectivity index (χ1) is 10.5. The van der Waals surface area contributed by atoms with E-state index in [9.17, 15) is 9.90 Å². The number of rotatable bonds is 5. The number of carbonyl (C=O) groups is 1. The molecule has 2 N–H and O–H groups in total. The van der Waals surface area contributed by atoms with Crippen molar-refractivity contribution >= 4 is 45.8 Å². The molecule has 22 heavy (non-hydrogen) atoms. The maximum Gasteiger partial charge on any atom is 0.341 e. The van der Waals surface area contributed by atoms with Gasteiger partial charge >= 0.3 is 5.97 Å². The van der Waals surface area contributed by atoms with Gasteiger partial charge in [-0.25, -0.2) is 4.79 Å². The summed E-state index contributed by atoms with van der Waals surface area (Å²) >= 11 is 12.2. The van der Waals surface area contributed by atoms with E-state index in [0.29, 0.717) is 26.6 Å². The van der Waals surface area contributed by atoms with Gasteiger partial charge in [-0.15, -0.1) is 0 Å². The van der Waals surface area contributed by atoms with Crippen LogP contribution in [0.2, 0.25) is 10.0 Å². The van der Waals surface area contributed by atoms with Crippen LogP contribution in [-0.4, -0.2) is 35.3 Å². The lowest BCUT2D eigenvalue weighted by atomic mass is 10.1. The zero-order chi connectivity index (χ0) is 16.3. The Hall–Kier alpha value is -1.56. The fourth-order valence-electron chi connectivity index (χ4n) is 2.01.